The van der Waals surface area contributed by atoms with Gasteiger partial charge in [0, 0.05) is 26.2 Å². The maximum atomic E-state index is 5.14. The highest BCUT2D eigenvalue weighted by Crippen LogP contribution is 2.33. The molecule has 0 spiro atoms. The van der Waals surface area contributed by atoms with E-state index in [1.807, 2.05) is 0 Å². The monoisotopic (exact) mass is 242 g/mol. The van der Waals surface area contributed by atoms with Crippen LogP contribution in [0.15, 0.2) is 0 Å². The second kappa shape index (κ2) is 7.34. The van der Waals surface area contributed by atoms with Crippen molar-refractivity contribution in [2.45, 2.75) is 32.7 Å². The van der Waals surface area contributed by atoms with Gasteiger partial charge in [-0.05, 0) is 44.7 Å². The van der Waals surface area contributed by atoms with Crippen molar-refractivity contribution in [3.05, 3.63) is 0 Å². The minimum absolute atomic E-state index is 0.679. The van der Waals surface area contributed by atoms with Gasteiger partial charge in [-0.25, -0.2) is 0 Å². The lowest BCUT2D eigenvalue weighted by Gasteiger charge is -2.41. The molecular formula is C14H30N2O. The predicted octanol–water partition coefficient (Wildman–Crippen LogP) is 1.83. The van der Waals surface area contributed by atoms with Crippen LogP contribution in [0.1, 0.15) is 26.7 Å². The van der Waals surface area contributed by atoms with Crippen LogP contribution in [0.2, 0.25) is 0 Å². The van der Waals surface area contributed by atoms with Crippen molar-refractivity contribution in [3.63, 3.8) is 0 Å². The van der Waals surface area contributed by atoms with Crippen LogP contribution in [0.4, 0.5) is 0 Å². The standard InChI is InChI=1S/C14H30N2O/c1-11-8-12(2)13(14(9-11)15-3)10-16(4)6-7-17-5/h11-15H,6-10H2,1-5H3. The van der Waals surface area contributed by atoms with E-state index in [1.165, 1.54) is 19.4 Å². The Bertz CT molecular complexity index is 210. The van der Waals surface area contributed by atoms with E-state index < -0.39 is 0 Å². The fourth-order valence-corrected chi connectivity index (χ4v) is 3.25. The largest absolute Gasteiger partial charge is 0.383 e. The van der Waals surface area contributed by atoms with Crippen molar-refractivity contribution >= 4 is 0 Å². The minimum Gasteiger partial charge on any atom is -0.383 e. The summed E-state index contributed by atoms with van der Waals surface area (Å²) in [5.41, 5.74) is 0. The van der Waals surface area contributed by atoms with Gasteiger partial charge in [-0.15, -0.1) is 0 Å². The van der Waals surface area contributed by atoms with Gasteiger partial charge in [0.15, 0.2) is 0 Å². The third kappa shape index (κ3) is 4.57. The Hall–Kier alpha value is -0.120. The second-order valence-corrected chi connectivity index (χ2v) is 5.87. The number of nitrogens with zero attached hydrogens (tertiary/aromatic N) is 1. The molecule has 0 aliphatic heterocycles. The Labute approximate surface area is 107 Å². The molecule has 0 aromatic rings. The third-order valence-corrected chi connectivity index (χ3v) is 4.25. The summed E-state index contributed by atoms with van der Waals surface area (Å²) >= 11 is 0. The summed E-state index contributed by atoms with van der Waals surface area (Å²) in [6.45, 7) is 7.84. The van der Waals surface area contributed by atoms with E-state index in [-0.39, 0.29) is 0 Å². The number of rotatable bonds is 6. The van der Waals surface area contributed by atoms with Crippen molar-refractivity contribution in [2.75, 3.05) is 40.9 Å². The summed E-state index contributed by atoms with van der Waals surface area (Å²) in [5.74, 6) is 2.46. The third-order valence-electron chi connectivity index (χ3n) is 4.25. The van der Waals surface area contributed by atoms with E-state index in [0.717, 1.165) is 30.9 Å². The van der Waals surface area contributed by atoms with Crippen LogP contribution in [0.3, 0.4) is 0 Å². The molecule has 0 aromatic carbocycles. The first-order valence-electron chi connectivity index (χ1n) is 6.93. The van der Waals surface area contributed by atoms with E-state index in [1.54, 1.807) is 7.11 Å². The zero-order chi connectivity index (χ0) is 12.8. The number of nitrogens with one attached hydrogen (secondary N) is 1. The minimum atomic E-state index is 0.679. The summed E-state index contributed by atoms with van der Waals surface area (Å²) in [6, 6.07) is 0.679. The molecule has 17 heavy (non-hydrogen) atoms. The van der Waals surface area contributed by atoms with Crippen LogP contribution in [0.25, 0.3) is 0 Å². The lowest BCUT2D eigenvalue weighted by Crippen LogP contribution is -2.47. The maximum absolute atomic E-state index is 5.14. The molecule has 1 fully saturated rings. The van der Waals surface area contributed by atoms with Gasteiger partial charge in [-0.1, -0.05) is 13.8 Å². The summed E-state index contributed by atoms with van der Waals surface area (Å²) in [4.78, 5) is 2.41. The highest BCUT2D eigenvalue weighted by molar-refractivity contribution is 4.88. The van der Waals surface area contributed by atoms with Crippen molar-refractivity contribution in [1.82, 2.24) is 10.2 Å². The van der Waals surface area contributed by atoms with Crippen molar-refractivity contribution in [1.29, 1.82) is 0 Å². The molecule has 0 radical (unpaired) electrons. The van der Waals surface area contributed by atoms with E-state index in [0.29, 0.717) is 6.04 Å². The van der Waals surface area contributed by atoms with Gasteiger partial charge in [-0.3, -0.25) is 0 Å². The quantitative estimate of drug-likeness (QED) is 0.769. The normalized spacial score (nSPS) is 34.2. The molecular weight excluding hydrogens is 212 g/mol. The van der Waals surface area contributed by atoms with Crippen molar-refractivity contribution < 1.29 is 4.74 Å². The number of hydrogen-bond acceptors (Lipinski definition) is 3. The summed E-state index contributed by atoms with van der Waals surface area (Å²) in [5, 5.41) is 3.52. The number of ether oxygens (including phenoxy) is 1. The molecule has 1 rings (SSSR count). The Morgan fingerprint density at radius 3 is 2.59 bits per heavy atom. The SMILES string of the molecule is CNC1CC(C)CC(C)C1CN(C)CCOC. The van der Waals surface area contributed by atoms with Crippen LogP contribution in [-0.2, 0) is 4.74 Å². The number of likely N-dealkylation sites (N-methyl/N-ethyl adjacent to an activating group) is 1. The molecule has 4 atom stereocenters. The molecule has 1 aliphatic rings. The molecule has 1 saturated carbocycles. The molecule has 0 saturated heterocycles. The van der Waals surface area contributed by atoms with Gasteiger partial charge in [0.2, 0.25) is 0 Å². The van der Waals surface area contributed by atoms with E-state index in [2.05, 4.69) is 38.2 Å². The predicted molar refractivity (Wildman–Crippen MR) is 73.3 cm³/mol. The molecule has 4 unspecified atom stereocenters. The Balaban J connectivity index is 2.47. The topological polar surface area (TPSA) is 24.5 Å². The zero-order valence-corrected chi connectivity index (χ0v) is 12.2. The first-order chi connectivity index (χ1) is 8.08. The smallest absolute Gasteiger partial charge is 0.0589 e. The Morgan fingerprint density at radius 2 is 2.00 bits per heavy atom. The highest BCUT2D eigenvalue weighted by Gasteiger charge is 2.33. The second-order valence-electron chi connectivity index (χ2n) is 5.87. The first kappa shape index (κ1) is 14.9. The maximum Gasteiger partial charge on any atom is 0.0589 e. The van der Waals surface area contributed by atoms with E-state index in [4.69, 9.17) is 4.74 Å². The molecule has 1 N–H and O–H groups in total. The first-order valence-corrected chi connectivity index (χ1v) is 6.93. The van der Waals surface area contributed by atoms with Crippen LogP contribution >= 0.6 is 0 Å². The summed E-state index contributed by atoms with van der Waals surface area (Å²) in [6.07, 6.45) is 2.70. The van der Waals surface area contributed by atoms with Crippen molar-refractivity contribution in [3.8, 4) is 0 Å². The molecule has 3 heteroatoms. The average molecular weight is 242 g/mol. The summed E-state index contributed by atoms with van der Waals surface area (Å²) < 4.78 is 5.14. The van der Waals surface area contributed by atoms with Crippen molar-refractivity contribution in [2.24, 2.45) is 17.8 Å². The van der Waals surface area contributed by atoms with Gasteiger partial charge in [0.05, 0.1) is 6.61 Å². The van der Waals surface area contributed by atoms with Crippen LogP contribution in [0.5, 0.6) is 0 Å². The Morgan fingerprint density at radius 1 is 1.29 bits per heavy atom. The molecule has 3 nitrogen and oxygen atoms in total. The van der Waals surface area contributed by atoms with Crippen LogP contribution in [-0.4, -0.2) is 51.8 Å². The lowest BCUT2D eigenvalue weighted by atomic mass is 9.72. The van der Waals surface area contributed by atoms with Gasteiger partial charge < -0.3 is 15.0 Å². The highest BCUT2D eigenvalue weighted by atomic mass is 16.5. The molecule has 0 heterocycles. The van der Waals surface area contributed by atoms with Crippen LogP contribution in [0, 0.1) is 17.8 Å². The van der Waals surface area contributed by atoms with E-state index >= 15 is 0 Å². The molecule has 0 aromatic heterocycles. The summed E-state index contributed by atoms with van der Waals surface area (Å²) in [7, 11) is 6.09. The average Bonchev–Trinajstić information content (AvgIpc) is 2.29. The van der Waals surface area contributed by atoms with Gasteiger partial charge in [0.1, 0.15) is 0 Å². The van der Waals surface area contributed by atoms with Crippen LogP contribution < -0.4 is 5.32 Å². The number of hydrogen-bond donors (Lipinski definition) is 1. The zero-order valence-electron chi connectivity index (χ0n) is 12.2. The van der Waals surface area contributed by atoms with Gasteiger partial charge in [-0.2, -0.15) is 0 Å². The fourth-order valence-electron chi connectivity index (χ4n) is 3.25. The van der Waals surface area contributed by atoms with E-state index in [9.17, 15) is 0 Å². The van der Waals surface area contributed by atoms with Gasteiger partial charge >= 0.3 is 0 Å². The lowest BCUT2D eigenvalue weighted by molar-refractivity contribution is 0.0975. The van der Waals surface area contributed by atoms with Gasteiger partial charge in [0.25, 0.3) is 0 Å². The number of methoxy groups -OCH3 is 1. The molecule has 102 valence electrons. The molecule has 0 bridgehead atoms. The molecule has 1 aliphatic carbocycles. The molecule has 0 amide bonds. The fraction of sp³-hybridized carbons (Fsp3) is 1.00. The Kier molecular flexibility index (Phi) is 6.45.